The Morgan fingerprint density at radius 3 is 2.82 bits per heavy atom. The Hall–Kier alpha value is -2.56. The molecule has 84 valence electrons. The summed E-state index contributed by atoms with van der Waals surface area (Å²) < 4.78 is 0. The molecule has 1 aromatic heterocycles. The van der Waals surface area contributed by atoms with E-state index in [1.807, 2.05) is 12.1 Å². The lowest BCUT2D eigenvalue weighted by atomic mass is 10.3. The summed E-state index contributed by atoms with van der Waals surface area (Å²) in [7, 11) is 0. The third-order valence-corrected chi connectivity index (χ3v) is 2.07. The number of non-ortho nitro benzene ring substituents is 1. The summed E-state index contributed by atoms with van der Waals surface area (Å²) in [5.41, 5.74) is 1.27. The van der Waals surface area contributed by atoms with E-state index in [1.54, 1.807) is 30.6 Å². The number of aliphatic imine (C=N–C) groups is 1. The molecule has 0 fully saturated rings. The Morgan fingerprint density at radius 2 is 2.12 bits per heavy atom. The molecular formula is C12H9N3O2. The maximum Gasteiger partial charge on any atom is 0.271 e. The molecule has 5 nitrogen and oxygen atoms in total. The van der Waals surface area contributed by atoms with Gasteiger partial charge in [-0.15, -0.1) is 0 Å². The number of hydrogen-bond acceptors (Lipinski definition) is 4. The van der Waals surface area contributed by atoms with Gasteiger partial charge < -0.3 is 0 Å². The number of nitro benzene ring substituents is 1. The number of rotatable bonds is 3. The summed E-state index contributed by atoms with van der Waals surface area (Å²) in [5, 5.41) is 10.6. The molecule has 0 aliphatic heterocycles. The highest BCUT2D eigenvalue weighted by Gasteiger charge is 2.04. The van der Waals surface area contributed by atoms with Crippen molar-refractivity contribution in [1.29, 1.82) is 0 Å². The lowest BCUT2D eigenvalue weighted by Gasteiger charge is -1.94. The Morgan fingerprint density at radius 1 is 1.24 bits per heavy atom. The van der Waals surface area contributed by atoms with Gasteiger partial charge in [0.2, 0.25) is 0 Å². The summed E-state index contributed by atoms with van der Waals surface area (Å²) in [6.07, 6.45) is 3.23. The second-order valence-corrected chi connectivity index (χ2v) is 3.29. The number of nitrogens with zero attached hydrogens (tertiary/aromatic N) is 3. The van der Waals surface area contributed by atoms with Crippen LogP contribution in [0.2, 0.25) is 0 Å². The van der Waals surface area contributed by atoms with Gasteiger partial charge in [0, 0.05) is 18.3 Å². The minimum atomic E-state index is -0.445. The van der Waals surface area contributed by atoms with Gasteiger partial charge >= 0.3 is 0 Å². The first-order valence-corrected chi connectivity index (χ1v) is 4.95. The van der Waals surface area contributed by atoms with E-state index in [1.165, 1.54) is 12.1 Å². The third kappa shape index (κ3) is 2.94. The lowest BCUT2D eigenvalue weighted by molar-refractivity contribution is -0.384. The molecule has 2 aromatic rings. The van der Waals surface area contributed by atoms with Crippen LogP contribution >= 0.6 is 0 Å². The summed E-state index contributed by atoms with van der Waals surface area (Å²) in [5.74, 6) is 0. The molecule has 0 radical (unpaired) electrons. The van der Waals surface area contributed by atoms with Crippen LogP contribution in [0.4, 0.5) is 11.4 Å². The lowest BCUT2D eigenvalue weighted by Crippen LogP contribution is -1.87. The maximum atomic E-state index is 10.6. The maximum absolute atomic E-state index is 10.6. The number of hydrogen-bond donors (Lipinski definition) is 0. The first kappa shape index (κ1) is 10.9. The van der Waals surface area contributed by atoms with Crippen molar-refractivity contribution in [2.75, 3.05) is 0 Å². The standard InChI is InChI=1S/C12H9N3O2/c16-15(17)12-6-3-5-10(8-12)14-9-11-4-1-2-7-13-11/h1-9H. The van der Waals surface area contributed by atoms with Gasteiger partial charge in [-0.3, -0.25) is 20.1 Å². The van der Waals surface area contributed by atoms with Gasteiger partial charge in [-0.05, 0) is 18.2 Å². The second kappa shape index (κ2) is 4.98. The summed E-state index contributed by atoms with van der Waals surface area (Å²) in [6.45, 7) is 0. The molecule has 17 heavy (non-hydrogen) atoms. The van der Waals surface area contributed by atoms with Crippen LogP contribution in [0.1, 0.15) is 5.69 Å². The highest BCUT2D eigenvalue weighted by molar-refractivity contribution is 5.79. The van der Waals surface area contributed by atoms with Crippen LogP contribution < -0.4 is 0 Å². The topological polar surface area (TPSA) is 68.4 Å². The van der Waals surface area contributed by atoms with E-state index in [0.29, 0.717) is 11.4 Å². The molecule has 0 spiro atoms. The molecule has 5 heteroatoms. The van der Waals surface area contributed by atoms with Crippen LogP contribution in [0.3, 0.4) is 0 Å². The van der Waals surface area contributed by atoms with Crippen LogP contribution in [0.5, 0.6) is 0 Å². The van der Waals surface area contributed by atoms with Crippen LogP contribution in [0.15, 0.2) is 53.7 Å². The van der Waals surface area contributed by atoms with Gasteiger partial charge in [0.05, 0.1) is 22.5 Å². The fourth-order valence-corrected chi connectivity index (χ4v) is 1.28. The fraction of sp³-hybridized carbons (Fsp3) is 0. The Balaban J connectivity index is 2.22. The van der Waals surface area contributed by atoms with Crippen molar-refractivity contribution in [3.63, 3.8) is 0 Å². The van der Waals surface area contributed by atoms with Crippen molar-refractivity contribution in [3.05, 3.63) is 64.5 Å². The molecular weight excluding hydrogens is 218 g/mol. The molecule has 0 amide bonds. The van der Waals surface area contributed by atoms with Crippen molar-refractivity contribution in [3.8, 4) is 0 Å². The first-order chi connectivity index (χ1) is 8.25. The molecule has 0 aliphatic carbocycles. The third-order valence-electron chi connectivity index (χ3n) is 2.07. The van der Waals surface area contributed by atoms with E-state index >= 15 is 0 Å². The largest absolute Gasteiger partial charge is 0.271 e. The van der Waals surface area contributed by atoms with Gasteiger partial charge in [-0.25, -0.2) is 0 Å². The predicted molar refractivity (Wildman–Crippen MR) is 64.6 cm³/mol. The van der Waals surface area contributed by atoms with Crippen molar-refractivity contribution in [2.24, 2.45) is 4.99 Å². The van der Waals surface area contributed by atoms with Gasteiger partial charge in [0.1, 0.15) is 0 Å². The summed E-state index contributed by atoms with van der Waals surface area (Å²) in [4.78, 5) is 18.3. The highest BCUT2D eigenvalue weighted by atomic mass is 16.6. The number of pyridine rings is 1. The number of nitro groups is 1. The summed E-state index contributed by atoms with van der Waals surface area (Å²) in [6, 6.07) is 11.6. The highest BCUT2D eigenvalue weighted by Crippen LogP contribution is 2.19. The van der Waals surface area contributed by atoms with E-state index in [-0.39, 0.29) is 5.69 Å². The quantitative estimate of drug-likeness (QED) is 0.460. The zero-order valence-corrected chi connectivity index (χ0v) is 8.85. The van der Waals surface area contributed by atoms with Crippen molar-refractivity contribution in [2.45, 2.75) is 0 Å². The van der Waals surface area contributed by atoms with E-state index in [9.17, 15) is 10.1 Å². The van der Waals surface area contributed by atoms with E-state index in [2.05, 4.69) is 9.98 Å². The molecule has 1 aromatic carbocycles. The van der Waals surface area contributed by atoms with E-state index in [4.69, 9.17) is 0 Å². The zero-order chi connectivity index (χ0) is 12.1. The van der Waals surface area contributed by atoms with Gasteiger partial charge in [0.15, 0.2) is 0 Å². The molecule has 0 N–H and O–H groups in total. The normalized spacial score (nSPS) is 10.6. The van der Waals surface area contributed by atoms with Crippen molar-refractivity contribution in [1.82, 2.24) is 4.98 Å². The van der Waals surface area contributed by atoms with Crippen molar-refractivity contribution >= 4 is 17.6 Å². The number of benzene rings is 1. The Bertz CT molecular complexity index is 553. The molecule has 2 rings (SSSR count). The van der Waals surface area contributed by atoms with Gasteiger partial charge in [-0.1, -0.05) is 12.1 Å². The molecule has 1 heterocycles. The molecule has 0 saturated carbocycles. The minimum absolute atomic E-state index is 0.0284. The molecule has 0 saturated heterocycles. The number of aromatic nitrogens is 1. The minimum Gasteiger partial charge on any atom is -0.258 e. The SMILES string of the molecule is O=[N+]([O-])c1cccc(N=Cc2ccccn2)c1. The monoisotopic (exact) mass is 227 g/mol. The van der Waals surface area contributed by atoms with Crippen LogP contribution in [0.25, 0.3) is 0 Å². The van der Waals surface area contributed by atoms with Crippen molar-refractivity contribution < 1.29 is 4.92 Å². The Kier molecular flexibility index (Phi) is 3.20. The molecule has 0 bridgehead atoms. The van der Waals surface area contributed by atoms with E-state index in [0.717, 1.165) is 0 Å². The van der Waals surface area contributed by atoms with Gasteiger partial charge in [0.25, 0.3) is 5.69 Å². The smallest absolute Gasteiger partial charge is 0.258 e. The molecule has 0 unspecified atom stereocenters. The molecule has 0 atom stereocenters. The van der Waals surface area contributed by atoms with Crippen LogP contribution in [-0.2, 0) is 0 Å². The van der Waals surface area contributed by atoms with Crippen LogP contribution in [-0.4, -0.2) is 16.1 Å². The van der Waals surface area contributed by atoms with Gasteiger partial charge in [-0.2, -0.15) is 0 Å². The Labute approximate surface area is 97.6 Å². The fourth-order valence-electron chi connectivity index (χ4n) is 1.28. The average Bonchev–Trinajstić information content (AvgIpc) is 2.38. The van der Waals surface area contributed by atoms with E-state index < -0.39 is 4.92 Å². The second-order valence-electron chi connectivity index (χ2n) is 3.29. The predicted octanol–water partition coefficient (Wildman–Crippen LogP) is 2.74. The van der Waals surface area contributed by atoms with Crippen LogP contribution in [0, 0.1) is 10.1 Å². The molecule has 0 aliphatic rings. The first-order valence-electron chi connectivity index (χ1n) is 4.95. The summed E-state index contributed by atoms with van der Waals surface area (Å²) >= 11 is 0. The zero-order valence-electron chi connectivity index (χ0n) is 8.85. The average molecular weight is 227 g/mol.